The zero-order chi connectivity index (χ0) is 16.3. The number of nitrogens with one attached hydrogen (secondary N) is 1. The van der Waals surface area contributed by atoms with Crippen LogP contribution in [0.2, 0.25) is 0 Å². The van der Waals surface area contributed by atoms with E-state index in [-0.39, 0.29) is 0 Å². The number of aromatic nitrogens is 3. The van der Waals surface area contributed by atoms with E-state index in [1.807, 2.05) is 5.32 Å². The average Bonchev–Trinajstić information content (AvgIpc) is 2.80. The Kier molecular flexibility index (Phi) is 4.76. The molecule has 0 radical (unpaired) electrons. The fourth-order valence-corrected chi connectivity index (χ4v) is 2.54. The van der Waals surface area contributed by atoms with E-state index >= 15 is 0 Å². The third-order valence-corrected chi connectivity index (χ3v) is 3.98. The third kappa shape index (κ3) is 3.42. The lowest BCUT2D eigenvalue weighted by molar-refractivity contribution is -0.119. The first-order chi connectivity index (χ1) is 10.4. The lowest BCUT2D eigenvalue weighted by Crippen LogP contribution is -2.39. The van der Waals surface area contributed by atoms with Crippen LogP contribution in [0.4, 0.5) is 9.18 Å². The van der Waals surface area contributed by atoms with Crippen molar-refractivity contribution in [3.63, 3.8) is 0 Å². The van der Waals surface area contributed by atoms with Gasteiger partial charge in [0, 0.05) is 7.05 Å². The Bertz CT molecular complexity index is 718. The molecule has 0 aliphatic carbocycles. The quantitative estimate of drug-likeness (QED) is 0.826. The summed E-state index contributed by atoms with van der Waals surface area (Å²) in [4.78, 5) is 22.3. The summed E-state index contributed by atoms with van der Waals surface area (Å²) in [6, 6.07) is 5.29. The van der Waals surface area contributed by atoms with Crippen molar-refractivity contribution in [3.05, 3.63) is 30.1 Å². The number of carbonyl (C=O) groups excluding carboxylic acids is 2. The molecule has 1 heterocycles. The number of primary amides is 1. The van der Waals surface area contributed by atoms with Gasteiger partial charge in [0.05, 0.1) is 10.8 Å². The summed E-state index contributed by atoms with van der Waals surface area (Å²) in [5.41, 5.74) is 5.21. The first-order valence-corrected chi connectivity index (χ1v) is 7.19. The number of imide groups is 1. The fraction of sp³-hybridized carbons (Fsp3) is 0.231. The summed E-state index contributed by atoms with van der Waals surface area (Å²) >= 11 is 1.09. The van der Waals surface area contributed by atoms with Gasteiger partial charge in [-0.15, -0.1) is 10.2 Å². The molecule has 22 heavy (non-hydrogen) atoms. The van der Waals surface area contributed by atoms with Gasteiger partial charge in [0.25, 0.3) is 0 Å². The smallest absolute Gasteiger partial charge is 0.318 e. The van der Waals surface area contributed by atoms with Crippen molar-refractivity contribution in [3.8, 4) is 11.4 Å². The molecule has 0 aliphatic heterocycles. The average molecular weight is 323 g/mol. The molecule has 1 aromatic heterocycles. The second kappa shape index (κ2) is 6.56. The van der Waals surface area contributed by atoms with E-state index in [9.17, 15) is 14.0 Å². The summed E-state index contributed by atoms with van der Waals surface area (Å²) in [6.45, 7) is 1.60. The molecule has 2 aromatic rings. The van der Waals surface area contributed by atoms with Gasteiger partial charge in [-0.1, -0.05) is 23.9 Å². The molecule has 2 rings (SSSR count). The van der Waals surface area contributed by atoms with Crippen molar-refractivity contribution in [2.45, 2.75) is 17.3 Å². The van der Waals surface area contributed by atoms with Crippen LogP contribution in [-0.4, -0.2) is 32.0 Å². The minimum absolute atomic E-state index is 0.318. The minimum atomic E-state index is -0.914. The molecule has 0 saturated carbocycles. The fourth-order valence-electron chi connectivity index (χ4n) is 1.73. The van der Waals surface area contributed by atoms with Gasteiger partial charge in [0.2, 0.25) is 5.91 Å². The van der Waals surface area contributed by atoms with Gasteiger partial charge in [-0.3, -0.25) is 10.1 Å². The third-order valence-electron chi connectivity index (χ3n) is 2.85. The molecule has 3 N–H and O–H groups in total. The van der Waals surface area contributed by atoms with E-state index in [0.717, 1.165) is 11.8 Å². The van der Waals surface area contributed by atoms with Crippen molar-refractivity contribution in [2.24, 2.45) is 12.8 Å². The Balaban J connectivity index is 2.20. The predicted octanol–water partition coefficient (Wildman–Crippen LogP) is 1.30. The van der Waals surface area contributed by atoms with Crippen molar-refractivity contribution >= 4 is 23.7 Å². The van der Waals surface area contributed by atoms with Crippen molar-refractivity contribution in [1.29, 1.82) is 0 Å². The van der Waals surface area contributed by atoms with Gasteiger partial charge < -0.3 is 10.3 Å². The second-order valence-electron chi connectivity index (χ2n) is 4.46. The number of carbonyl (C=O) groups is 2. The highest BCUT2D eigenvalue weighted by molar-refractivity contribution is 8.00. The van der Waals surface area contributed by atoms with Crippen LogP contribution in [0.3, 0.4) is 0 Å². The van der Waals surface area contributed by atoms with Crippen LogP contribution in [0.25, 0.3) is 11.4 Å². The Morgan fingerprint density at radius 3 is 2.68 bits per heavy atom. The molecule has 0 bridgehead atoms. The first-order valence-electron chi connectivity index (χ1n) is 6.31. The van der Waals surface area contributed by atoms with E-state index in [0.29, 0.717) is 16.5 Å². The van der Waals surface area contributed by atoms with E-state index in [2.05, 4.69) is 10.2 Å². The van der Waals surface area contributed by atoms with Crippen molar-refractivity contribution < 1.29 is 14.0 Å². The maximum atomic E-state index is 13.8. The molecule has 7 nitrogen and oxygen atoms in total. The summed E-state index contributed by atoms with van der Waals surface area (Å²) in [7, 11) is 1.67. The van der Waals surface area contributed by atoms with Gasteiger partial charge >= 0.3 is 6.03 Å². The van der Waals surface area contributed by atoms with Crippen LogP contribution in [0.1, 0.15) is 6.92 Å². The molecular weight excluding hydrogens is 309 g/mol. The topological polar surface area (TPSA) is 103 Å². The van der Waals surface area contributed by atoms with E-state index in [1.54, 1.807) is 36.7 Å². The van der Waals surface area contributed by atoms with Gasteiger partial charge in [0.1, 0.15) is 5.82 Å². The van der Waals surface area contributed by atoms with Crippen molar-refractivity contribution in [2.75, 3.05) is 0 Å². The van der Waals surface area contributed by atoms with Crippen LogP contribution < -0.4 is 11.1 Å². The van der Waals surface area contributed by atoms with Crippen LogP contribution in [0, 0.1) is 5.82 Å². The molecule has 0 fully saturated rings. The summed E-state index contributed by atoms with van der Waals surface area (Å²) in [5.74, 6) is -0.592. The Morgan fingerprint density at radius 1 is 1.36 bits per heavy atom. The molecule has 3 amide bonds. The molecule has 0 spiro atoms. The normalized spacial score (nSPS) is 12.0. The molecule has 0 aliphatic rings. The highest BCUT2D eigenvalue weighted by atomic mass is 32.2. The standard InChI is InChI=1S/C13H14FN5O2S/c1-7(11(20)16-12(15)21)22-13-18-17-10(19(13)2)8-5-3-4-6-9(8)14/h3-7H,1-2H3,(H3,15,16,20,21)/t7-/m1/s1. The number of halogens is 1. The first kappa shape index (κ1) is 16.0. The lowest BCUT2D eigenvalue weighted by Gasteiger charge is -2.09. The van der Waals surface area contributed by atoms with Gasteiger partial charge in [-0.25, -0.2) is 9.18 Å². The SMILES string of the molecule is C[C@@H](Sc1nnc(-c2ccccc2F)n1C)C(=O)NC(N)=O. The molecule has 0 unspecified atom stereocenters. The number of hydrogen-bond donors (Lipinski definition) is 2. The highest BCUT2D eigenvalue weighted by Crippen LogP contribution is 2.26. The maximum absolute atomic E-state index is 13.8. The van der Waals surface area contributed by atoms with E-state index < -0.39 is 23.0 Å². The van der Waals surface area contributed by atoms with Crippen LogP contribution in [0.5, 0.6) is 0 Å². The number of nitrogens with zero attached hydrogens (tertiary/aromatic N) is 3. The maximum Gasteiger partial charge on any atom is 0.318 e. The molecule has 9 heteroatoms. The molecule has 0 saturated heterocycles. The van der Waals surface area contributed by atoms with Crippen LogP contribution in [-0.2, 0) is 11.8 Å². The summed E-state index contributed by atoms with van der Waals surface area (Å²) in [6.07, 6.45) is 0. The number of nitrogens with two attached hydrogens (primary N) is 1. The minimum Gasteiger partial charge on any atom is -0.351 e. The number of amides is 3. The lowest BCUT2D eigenvalue weighted by atomic mass is 10.2. The Morgan fingerprint density at radius 2 is 2.05 bits per heavy atom. The molecule has 116 valence electrons. The van der Waals surface area contributed by atoms with Crippen LogP contribution >= 0.6 is 11.8 Å². The number of benzene rings is 1. The molecule has 1 atom stereocenters. The number of hydrogen-bond acceptors (Lipinski definition) is 5. The zero-order valence-electron chi connectivity index (χ0n) is 11.9. The van der Waals surface area contributed by atoms with Gasteiger partial charge in [0.15, 0.2) is 11.0 Å². The monoisotopic (exact) mass is 323 g/mol. The van der Waals surface area contributed by atoms with Gasteiger partial charge in [-0.05, 0) is 19.1 Å². The number of urea groups is 1. The van der Waals surface area contributed by atoms with Crippen molar-refractivity contribution in [1.82, 2.24) is 20.1 Å². The zero-order valence-corrected chi connectivity index (χ0v) is 12.7. The Labute approximate surface area is 130 Å². The molecule has 1 aromatic carbocycles. The number of rotatable bonds is 4. The van der Waals surface area contributed by atoms with E-state index in [1.165, 1.54) is 6.07 Å². The van der Waals surface area contributed by atoms with Crippen LogP contribution in [0.15, 0.2) is 29.4 Å². The summed E-state index contributed by atoms with van der Waals surface area (Å²) < 4.78 is 15.4. The summed E-state index contributed by atoms with van der Waals surface area (Å²) in [5, 5.41) is 9.70. The Hall–Kier alpha value is -2.42. The largest absolute Gasteiger partial charge is 0.351 e. The predicted molar refractivity (Wildman–Crippen MR) is 79.4 cm³/mol. The van der Waals surface area contributed by atoms with E-state index in [4.69, 9.17) is 5.73 Å². The molecular formula is C13H14FN5O2S. The van der Waals surface area contributed by atoms with Gasteiger partial charge in [-0.2, -0.15) is 0 Å². The number of thioether (sulfide) groups is 1. The second-order valence-corrected chi connectivity index (χ2v) is 5.77. The highest BCUT2D eigenvalue weighted by Gasteiger charge is 2.21.